The lowest BCUT2D eigenvalue weighted by Gasteiger charge is -2.27. The molecule has 4 nitrogen and oxygen atoms in total. The maximum Gasteiger partial charge on any atom is 0.140 e. The van der Waals surface area contributed by atoms with Gasteiger partial charge in [0.2, 0.25) is 0 Å². The summed E-state index contributed by atoms with van der Waals surface area (Å²) in [7, 11) is 2.05. The molecule has 0 saturated carbocycles. The average molecular weight is 314 g/mol. The van der Waals surface area contributed by atoms with Gasteiger partial charge in [0.1, 0.15) is 5.84 Å². The van der Waals surface area contributed by atoms with E-state index >= 15 is 0 Å². The number of hydrogen-bond acceptors (Lipinski definition) is 3. The molecule has 1 atom stereocenters. The Hall–Kier alpha value is -1.07. The molecule has 5 heteroatoms. The van der Waals surface area contributed by atoms with Gasteiger partial charge in [0, 0.05) is 23.5 Å². The van der Waals surface area contributed by atoms with E-state index in [0.717, 1.165) is 17.4 Å². The van der Waals surface area contributed by atoms with Crippen LogP contribution in [0.25, 0.3) is 0 Å². The molecule has 0 saturated heterocycles. The molecular weight excluding hydrogens is 294 g/mol. The first-order valence-electron chi connectivity index (χ1n) is 5.98. The van der Waals surface area contributed by atoms with Crippen molar-refractivity contribution in [1.82, 2.24) is 4.90 Å². The number of halogens is 1. The lowest BCUT2D eigenvalue weighted by molar-refractivity contribution is 0.229. The molecule has 0 aliphatic carbocycles. The van der Waals surface area contributed by atoms with Crippen LogP contribution in [0.3, 0.4) is 0 Å². The second-order valence-corrected chi connectivity index (χ2v) is 5.22. The first kappa shape index (κ1) is 15.0. The van der Waals surface area contributed by atoms with Gasteiger partial charge in [0.05, 0.1) is 0 Å². The molecule has 3 N–H and O–H groups in total. The summed E-state index contributed by atoms with van der Waals surface area (Å²) < 4.78 is 1.11. The van der Waals surface area contributed by atoms with Crippen LogP contribution in [-0.4, -0.2) is 29.0 Å². The largest absolute Gasteiger partial charge is 0.409 e. The van der Waals surface area contributed by atoms with Gasteiger partial charge in [-0.3, -0.25) is 4.90 Å². The van der Waals surface area contributed by atoms with Gasteiger partial charge in [0.25, 0.3) is 0 Å². The molecule has 0 aliphatic heterocycles. The fraction of sp³-hybridized carbons (Fsp3) is 0.462. The number of rotatable bonds is 6. The third kappa shape index (κ3) is 4.31. The summed E-state index contributed by atoms with van der Waals surface area (Å²) in [5.41, 5.74) is 6.81. The van der Waals surface area contributed by atoms with E-state index in [9.17, 15) is 0 Å². The fourth-order valence-electron chi connectivity index (χ4n) is 1.92. The molecule has 0 amide bonds. The maximum atomic E-state index is 8.63. The number of nitrogens with two attached hydrogens (primary N) is 1. The summed E-state index contributed by atoms with van der Waals surface area (Å²) in [6.07, 6.45) is 1.53. The van der Waals surface area contributed by atoms with E-state index in [1.165, 1.54) is 5.56 Å². The highest BCUT2D eigenvalue weighted by molar-refractivity contribution is 9.10. The summed E-state index contributed by atoms with van der Waals surface area (Å²) in [6.45, 7) is 2.94. The van der Waals surface area contributed by atoms with E-state index in [0.29, 0.717) is 6.42 Å². The topological polar surface area (TPSA) is 61.9 Å². The van der Waals surface area contributed by atoms with Crippen molar-refractivity contribution in [3.8, 4) is 0 Å². The van der Waals surface area contributed by atoms with Gasteiger partial charge in [0.15, 0.2) is 0 Å². The van der Waals surface area contributed by atoms with Crippen LogP contribution in [-0.2, 0) is 6.54 Å². The average Bonchev–Trinajstić information content (AvgIpc) is 2.38. The Kier molecular flexibility index (Phi) is 6.15. The predicted octanol–water partition coefficient (Wildman–Crippen LogP) is 2.80. The minimum Gasteiger partial charge on any atom is -0.409 e. The van der Waals surface area contributed by atoms with Gasteiger partial charge in [-0.15, -0.1) is 0 Å². The van der Waals surface area contributed by atoms with Crippen LogP contribution in [0, 0.1) is 0 Å². The van der Waals surface area contributed by atoms with Gasteiger partial charge in [-0.2, -0.15) is 0 Å². The summed E-state index contributed by atoms with van der Waals surface area (Å²) in [4.78, 5) is 2.22. The molecule has 1 unspecified atom stereocenters. The van der Waals surface area contributed by atoms with Crippen LogP contribution in [0.2, 0.25) is 0 Å². The molecule has 100 valence electrons. The van der Waals surface area contributed by atoms with Gasteiger partial charge in [-0.05, 0) is 25.1 Å². The van der Waals surface area contributed by atoms with Gasteiger partial charge in [-0.1, -0.05) is 46.2 Å². The second-order valence-electron chi connectivity index (χ2n) is 4.36. The lowest BCUT2D eigenvalue weighted by Crippen LogP contribution is -2.34. The van der Waals surface area contributed by atoms with E-state index in [2.05, 4.69) is 46.0 Å². The molecule has 0 aliphatic rings. The van der Waals surface area contributed by atoms with Crippen molar-refractivity contribution >= 4 is 21.8 Å². The predicted molar refractivity (Wildman–Crippen MR) is 77.7 cm³/mol. The van der Waals surface area contributed by atoms with E-state index in [1.807, 2.05) is 18.2 Å². The molecule has 0 heterocycles. The Bertz CT molecular complexity index is 409. The first-order valence-corrected chi connectivity index (χ1v) is 6.77. The number of nitrogens with zero attached hydrogens (tertiary/aromatic N) is 2. The Morgan fingerprint density at radius 2 is 2.17 bits per heavy atom. The standard InChI is InChI=1S/C13H20BrN3O/c1-3-11(8-13(15)16-18)17(2)9-10-6-4-5-7-12(10)14/h4-7,11,18H,3,8-9H2,1-2H3,(H2,15,16). The van der Waals surface area contributed by atoms with Crippen LogP contribution in [0.4, 0.5) is 0 Å². The summed E-state index contributed by atoms with van der Waals surface area (Å²) >= 11 is 3.55. The molecule has 0 fully saturated rings. The van der Waals surface area contributed by atoms with Crippen molar-refractivity contribution in [2.75, 3.05) is 7.05 Å². The van der Waals surface area contributed by atoms with E-state index in [4.69, 9.17) is 10.9 Å². The van der Waals surface area contributed by atoms with Crippen LogP contribution in [0.5, 0.6) is 0 Å². The van der Waals surface area contributed by atoms with Crippen molar-refractivity contribution in [2.45, 2.75) is 32.4 Å². The van der Waals surface area contributed by atoms with Crippen LogP contribution < -0.4 is 5.73 Å². The van der Waals surface area contributed by atoms with Crippen LogP contribution in [0.1, 0.15) is 25.3 Å². The fourth-order valence-corrected chi connectivity index (χ4v) is 2.33. The summed E-state index contributed by atoms with van der Waals surface area (Å²) in [5.74, 6) is 0.279. The third-order valence-corrected chi connectivity index (χ3v) is 3.82. The van der Waals surface area contributed by atoms with Gasteiger partial charge < -0.3 is 10.9 Å². The third-order valence-electron chi connectivity index (χ3n) is 3.05. The van der Waals surface area contributed by atoms with Crippen LogP contribution >= 0.6 is 15.9 Å². The smallest absolute Gasteiger partial charge is 0.140 e. The Morgan fingerprint density at radius 1 is 1.50 bits per heavy atom. The molecule has 1 rings (SSSR count). The number of oxime groups is 1. The Balaban J connectivity index is 2.68. The SMILES string of the molecule is CCC(C/C(N)=N/O)N(C)Cc1ccccc1Br. The number of hydrogen-bond donors (Lipinski definition) is 2. The minimum atomic E-state index is 0.271. The van der Waals surface area contributed by atoms with E-state index in [1.54, 1.807) is 0 Å². The molecular formula is C13H20BrN3O. The minimum absolute atomic E-state index is 0.271. The Labute approximate surface area is 117 Å². The maximum absolute atomic E-state index is 8.63. The molecule has 0 radical (unpaired) electrons. The van der Waals surface area contributed by atoms with Crippen molar-refractivity contribution in [1.29, 1.82) is 0 Å². The van der Waals surface area contributed by atoms with Crippen molar-refractivity contribution in [2.24, 2.45) is 10.9 Å². The summed E-state index contributed by atoms with van der Waals surface area (Å²) in [5, 5.41) is 11.7. The van der Waals surface area contributed by atoms with Crippen molar-refractivity contribution in [3.05, 3.63) is 34.3 Å². The van der Waals surface area contributed by atoms with Crippen molar-refractivity contribution < 1.29 is 5.21 Å². The van der Waals surface area contributed by atoms with Gasteiger partial charge in [-0.25, -0.2) is 0 Å². The monoisotopic (exact) mass is 313 g/mol. The number of benzene rings is 1. The van der Waals surface area contributed by atoms with Crippen molar-refractivity contribution in [3.63, 3.8) is 0 Å². The van der Waals surface area contributed by atoms with E-state index < -0.39 is 0 Å². The molecule has 0 spiro atoms. The molecule has 1 aromatic rings. The zero-order valence-corrected chi connectivity index (χ0v) is 12.4. The second kappa shape index (κ2) is 7.38. The highest BCUT2D eigenvalue weighted by atomic mass is 79.9. The highest BCUT2D eigenvalue weighted by Crippen LogP contribution is 2.19. The lowest BCUT2D eigenvalue weighted by atomic mass is 10.1. The highest BCUT2D eigenvalue weighted by Gasteiger charge is 2.15. The van der Waals surface area contributed by atoms with Gasteiger partial charge >= 0.3 is 0 Å². The molecule has 0 aromatic heterocycles. The zero-order chi connectivity index (χ0) is 13.5. The molecule has 1 aromatic carbocycles. The first-order chi connectivity index (χ1) is 8.58. The summed E-state index contributed by atoms with van der Waals surface area (Å²) in [6, 6.07) is 8.43. The quantitative estimate of drug-likeness (QED) is 0.367. The number of amidine groups is 1. The zero-order valence-electron chi connectivity index (χ0n) is 10.8. The molecule has 18 heavy (non-hydrogen) atoms. The Morgan fingerprint density at radius 3 is 2.72 bits per heavy atom. The normalized spacial score (nSPS) is 13.9. The van der Waals surface area contributed by atoms with E-state index in [-0.39, 0.29) is 11.9 Å². The molecule has 0 bridgehead atoms. The van der Waals surface area contributed by atoms with Crippen LogP contribution in [0.15, 0.2) is 33.9 Å².